The minimum atomic E-state index is -3.48. The SMILES string of the molecule is Cc1cccc(CNS(=O)(=O)c2ccc(CCCCl)cc2)c1. The molecular formula is C17H20ClNO2S. The van der Waals surface area contributed by atoms with E-state index in [0.717, 1.165) is 29.5 Å². The van der Waals surface area contributed by atoms with Gasteiger partial charge >= 0.3 is 0 Å². The third kappa shape index (κ3) is 4.83. The van der Waals surface area contributed by atoms with Gasteiger partial charge in [-0.3, -0.25) is 0 Å². The van der Waals surface area contributed by atoms with Crippen LogP contribution in [-0.2, 0) is 23.0 Å². The van der Waals surface area contributed by atoms with E-state index in [2.05, 4.69) is 4.72 Å². The summed E-state index contributed by atoms with van der Waals surface area (Å²) >= 11 is 5.66. The summed E-state index contributed by atoms with van der Waals surface area (Å²) < 4.78 is 27.2. The number of nitrogens with one attached hydrogen (secondary N) is 1. The van der Waals surface area contributed by atoms with Gasteiger partial charge in [-0.15, -0.1) is 11.6 Å². The monoisotopic (exact) mass is 337 g/mol. The van der Waals surface area contributed by atoms with E-state index in [9.17, 15) is 8.42 Å². The summed E-state index contributed by atoms with van der Waals surface area (Å²) in [4.78, 5) is 0.287. The van der Waals surface area contributed by atoms with Crippen LogP contribution in [0.1, 0.15) is 23.1 Å². The van der Waals surface area contributed by atoms with Gasteiger partial charge in [0.25, 0.3) is 0 Å². The molecule has 118 valence electrons. The number of alkyl halides is 1. The van der Waals surface area contributed by atoms with E-state index in [-0.39, 0.29) is 11.4 Å². The maximum Gasteiger partial charge on any atom is 0.240 e. The van der Waals surface area contributed by atoms with Crippen LogP contribution in [0.5, 0.6) is 0 Å². The molecule has 0 saturated heterocycles. The van der Waals surface area contributed by atoms with E-state index < -0.39 is 10.0 Å². The smallest absolute Gasteiger partial charge is 0.207 e. The molecule has 0 bridgehead atoms. The quantitative estimate of drug-likeness (QED) is 0.784. The average molecular weight is 338 g/mol. The van der Waals surface area contributed by atoms with Gasteiger partial charge in [0.05, 0.1) is 4.90 Å². The van der Waals surface area contributed by atoms with E-state index >= 15 is 0 Å². The molecule has 2 aromatic rings. The van der Waals surface area contributed by atoms with Crippen molar-refractivity contribution >= 4 is 21.6 Å². The van der Waals surface area contributed by atoms with Crippen LogP contribution >= 0.6 is 11.6 Å². The van der Waals surface area contributed by atoms with Crippen molar-refractivity contribution in [1.29, 1.82) is 0 Å². The molecule has 22 heavy (non-hydrogen) atoms. The lowest BCUT2D eigenvalue weighted by Gasteiger charge is -2.08. The van der Waals surface area contributed by atoms with Crippen molar-refractivity contribution in [3.05, 3.63) is 65.2 Å². The van der Waals surface area contributed by atoms with Gasteiger partial charge in [0, 0.05) is 12.4 Å². The summed E-state index contributed by atoms with van der Waals surface area (Å²) in [6.45, 7) is 2.27. The first kappa shape index (κ1) is 17.0. The predicted octanol–water partition coefficient (Wildman–Crippen LogP) is 3.64. The number of hydrogen-bond donors (Lipinski definition) is 1. The Balaban J connectivity index is 2.03. The van der Waals surface area contributed by atoms with Crippen LogP contribution in [0.2, 0.25) is 0 Å². The Morgan fingerprint density at radius 3 is 2.41 bits per heavy atom. The van der Waals surface area contributed by atoms with Gasteiger partial charge in [-0.1, -0.05) is 42.0 Å². The molecule has 0 fully saturated rings. The summed E-state index contributed by atoms with van der Waals surface area (Å²) in [6, 6.07) is 14.7. The van der Waals surface area contributed by atoms with Gasteiger partial charge in [-0.05, 0) is 43.0 Å². The molecule has 0 aromatic heterocycles. The second-order valence-electron chi connectivity index (χ2n) is 5.25. The van der Waals surface area contributed by atoms with Crippen LogP contribution in [-0.4, -0.2) is 14.3 Å². The lowest BCUT2D eigenvalue weighted by Crippen LogP contribution is -2.23. The van der Waals surface area contributed by atoms with Crippen LogP contribution in [0.15, 0.2) is 53.4 Å². The molecule has 1 N–H and O–H groups in total. The van der Waals surface area contributed by atoms with Crippen molar-refractivity contribution in [2.75, 3.05) is 5.88 Å². The average Bonchev–Trinajstić information content (AvgIpc) is 2.52. The topological polar surface area (TPSA) is 46.2 Å². The fraction of sp³-hybridized carbons (Fsp3) is 0.294. The Kier molecular flexibility index (Phi) is 6.00. The number of halogens is 1. The maximum absolute atomic E-state index is 12.3. The molecule has 0 radical (unpaired) electrons. The second-order valence-corrected chi connectivity index (χ2v) is 7.40. The number of sulfonamides is 1. The highest BCUT2D eigenvalue weighted by molar-refractivity contribution is 7.89. The molecule has 0 atom stereocenters. The zero-order valence-electron chi connectivity index (χ0n) is 12.5. The van der Waals surface area contributed by atoms with Crippen LogP contribution in [0.3, 0.4) is 0 Å². The Hall–Kier alpha value is -1.36. The number of benzene rings is 2. The summed E-state index contributed by atoms with van der Waals surface area (Å²) in [5.41, 5.74) is 3.15. The van der Waals surface area contributed by atoms with Gasteiger partial charge < -0.3 is 0 Å². The number of aryl methyl sites for hydroxylation is 2. The van der Waals surface area contributed by atoms with Gasteiger partial charge in [0.15, 0.2) is 0 Å². The lowest BCUT2D eigenvalue weighted by atomic mass is 10.1. The lowest BCUT2D eigenvalue weighted by molar-refractivity contribution is 0.581. The van der Waals surface area contributed by atoms with Crippen molar-refractivity contribution in [1.82, 2.24) is 4.72 Å². The van der Waals surface area contributed by atoms with Crippen molar-refractivity contribution < 1.29 is 8.42 Å². The molecule has 0 aliphatic carbocycles. The number of rotatable bonds is 7. The fourth-order valence-electron chi connectivity index (χ4n) is 2.19. The van der Waals surface area contributed by atoms with E-state index in [1.54, 1.807) is 12.1 Å². The molecule has 0 unspecified atom stereocenters. The molecule has 0 aliphatic heterocycles. The van der Waals surface area contributed by atoms with Crippen molar-refractivity contribution in [3.63, 3.8) is 0 Å². The molecule has 5 heteroatoms. The third-order valence-corrected chi connectivity index (χ3v) is 5.07. The summed E-state index contributed by atoms with van der Waals surface area (Å²) in [6.07, 6.45) is 1.75. The molecular weight excluding hydrogens is 318 g/mol. The minimum absolute atomic E-state index is 0.287. The maximum atomic E-state index is 12.3. The van der Waals surface area contributed by atoms with Crippen LogP contribution in [0.4, 0.5) is 0 Å². The minimum Gasteiger partial charge on any atom is -0.207 e. The first-order valence-electron chi connectivity index (χ1n) is 7.21. The van der Waals surface area contributed by atoms with E-state index in [4.69, 9.17) is 11.6 Å². The van der Waals surface area contributed by atoms with Crippen LogP contribution in [0, 0.1) is 6.92 Å². The summed E-state index contributed by atoms with van der Waals surface area (Å²) in [5, 5.41) is 0. The number of hydrogen-bond acceptors (Lipinski definition) is 2. The molecule has 0 heterocycles. The van der Waals surface area contributed by atoms with Crippen molar-refractivity contribution in [2.45, 2.75) is 31.2 Å². The predicted molar refractivity (Wildman–Crippen MR) is 90.7 cm³/mol. The van der Waals surface area contributed by atoms with E-state index in [1.165, 1.54) is 0 Å². The molecule has 2 rings (SSSR count). The molecule has 2 aromatic carbocycles. The van der Waals surface area contributed by atoms with E-state index in [1.807, 2.05) is 43.3 Å². The molecule has 0 spiro atoms. The van der Waals surface area contributed by atoms with Crippen LogP contribution < -0.4 is 4.72 Å². The van der Waals surface area contributed by atoms with Crippen LogP contribution in [0.25, 0.3) is 0 Å². The third-order valence-electron chi connectivity index (χ3n) is 3.38. The summed E-state index contributed by atoms with van der Waals surface area (Å²) in [7, 11) is -3.48. The fourth-order valence-corrected chi connectivity index (χ4v) is 3.34. The highest BCUT2D eigenvalue weighted by atomic mass is 35.5. The highest BCUT2D eigenvalue weighted by Crippen LogP contribution is 2.13. The first-order chi connectivity index (χ1) is 10.5. The Morgan fingerprint density at radius 1 is 1.05 bits per heavy atom. The van der Waals surface area contributed by atoms with Crippen molar-refractivity contribution in [2.24, 2.45) is 0 Å². The zero-order chi connectivity index (χ0) is 16.0. The highest BCUT2D eigenvalue weighted by Gasteiger charge is 2.13. The standard InChI is InChI=1S/C17H20ClNO2S/c1-14-4-2-5-16(12-14)13-19-22(20,21)17-9-7-15(8-10-17)6-3-11-18/h2,4-5,7-10,12,19H,3,6,11,13H2,1H3. The second kappa shape index (κ2) is 7.77. The van der Waals surface area contributed by atoms with Gasteiger partial charge in [0.1, 0.15) is 0 Å². The normalized spacial score (nSPS) is 11.5. The van der Waals surface area contributed by atoms with Gasteiger partial charge in [-0.2, -0.15) is 0 Å². The molecule has 0 saturated carbocycles. The van der Waals surface area contributed by atoms with Gasteiger partial charge in [-0.25, -0.2) is 13.1 Å². The first-order valence-corrected chi connectivity index (χ1v) is 9.23. The largest absolute Gasteiger partial charge is 0.240 e. The molecule has 0 amide bonds. The summed E-state index contributed by atoms with van der Waals surface area (Å²) in [5.74, 6) is 0.609. The Labute approximate surface area is 137 Å². The van der Waals surface area contributed by atoms with E-state index in [0.29, 0.717) is 5.88 Å². The molecule has 0 aliphatic rings. The molecule has 3 nitrogen and oxygen atoms in total. The Morgan fingerprint density at radius 2 is 1.77 bits per heavy atom. The Bertz CT molecular complexity index is 712. The zero-order valence-corrected chi connectivity index (χ0v) is 14.1. The van der Waals surface area contributed by atoms with Crippen molar-refractivity contribution in [3.8, 4) is 0 Å². The van der Waals surface area contributed by atoms with Gasteiger partial charge in [0.2, 0.25) is 10.0 Å².